The van der Waals surface area contributed by atoms with E-state index in [1.807, 2.05) is 0 Å². The number of amides is 1. The minimum Gasteiger partial charge on any atom is -0.391 e. The van der Waals surface area contributed by atoms with E-state index in [0.717, 1.165) is 5.56 Å². The predicted octanol–water partition coefficient (Wildman–Crippen LogP) is 0.444. The molecule has 0 bridgehead atoms. The fraction of sp³-hybridized carbons (Fsp3) is 0.462. The van der Waals surface area contributed by atoms with Crippen LogP contribution in [-0.4, -0.2) is 36.8 Å². The number of hydrogen-bond acceptors (Lipinski definition) is 3. The second-order valence-corrected chi connectivity index (χ2v) is 4.68. The van der Waals surface area contributed by atoms with Crippen LogP contribution in [0, 0.1) is 18.7 Å². The first-order chi connectivity index (χ1) is 8.58. The van der Waals surface area contributed by atoms with Crippen molar-refractivity contribution in [2.24, 2.45) is 5.92 Å². The van der Waals surface area contributed by atoms with Crippen molar-refractivity contribution in [1.29, 1.82) is 0 Å². The highest BCUT2D eigenvalue weighted by atomic mass is 19.1. The van der Waals surface area contributed by atoms with Gasteiger partial charge in [-0.25, -0.2) is 4.39 Å². The van der Waals surface area contributed by atoms with Crippen LogP contribution in [0.1, 0.15) is 15.9 Å². The maximum Gasteiger partial charge on any atom is 0.254 e. The first-order valence-corrected chi connectivity index (χ1v) is 6.01. The number of benzene rings is 1. The Morgan fingerprint density at radius 1 is 1.56 bits per heavy atom. The maximum absolute atomic E-state index is 13.5. The molecule has 4 nitrogen and oxygen atoms in total. The topological polar surface area (TPSA) is 61.4 Å². The third-order valence-corrected chi connectivity index (χ3v) is 3.20. The fourth-order valence-corrected chi connectivity index (χ4v) is 2.06. The van der Waals surface area contributed by atoms with Gasteiger partial charge in [-0.2, -0.15) is 0 Å². The van der Waals surface area contributed by atoms with E-state index < -0.39 is 17.8 Å². The Morgan fingerprint density at radius 2 is 2.33 bits per heavy atom. The molecule has 1 heterocycles. The second kappa shape index (κ2) is 5.46. The largest absolute Gasteiger partial charge is 0.391 e. The molecule has 0 radical (unpaired) electrons. The number of aliphatic hydroxyl groups excluding tert-OH is 1. The van der Waals surface area contributed by atoms with Crippen molar-refractivity contribution >= 4 is 5.91 Å². The van der Waals surface area contributed by atoms with Crippen LogP contribution in [0.2, 0.25) is 0 Å². The number of carbonyl (C=O) groups is 1. The summed E-state index contributed by atoms with van der Waals surface area (Å²) in [6.07, 6.45) is -0.451. The molecule has 3 N–H and O–H groups in total. The molecule has 98 valence electrons. The molecule has 1 fully saturated rings. The van der Waals surface area contributed by atoms with Crippen molar-refractivity contribution in [3.63, 3.8) is 0 Å². The molecule has 1 aliphatic heterocycles. The average molecular weight is 252 g/mol. The van der Waals surface area contributed by atoms with Crippen LogP contribution in [0.15, 0.2) is 18.2 Å². The SMILES string of the molecule is Cc1ccc(F)c(C(=O)NCC2CNCC2O)c1. The van der Waals surface area contributed by atoms with Gasteiger partial charge in [0.05, 0.1) is 11.7 Å². The summed E-state index contributed by atoms with van der Waals surface area (Å²) >= 11 is 0. The third kappa shape index (κ3) is 2.86. The van der Waals surface area contributed by atoms with Gasteiger partial charge in [0.2, 0.25) is 0 Å². The van der Waals surface area contributed by atoms with Gasteiger partial charge >= 0.3 is 0 Å². The predicted molar refractivity (Wildman–Crippen MR) is 65.8 cm³/mol. The Kier molecular flexibility index (Phi) is 3.93. The van der Waals surface area contributed by atoms with Gasteiger partial charge in [0.25, 0.3) is 5.91 Å². The summed E-state index contributed by atoms with van der Waals surface area (Å²) in [6, 6.07) is 4.43. The van der Waals surface area contributed by atoms with Crippen LogP contribution in [0.4, 0.5) is 4.39 Å². The number of halogens is 1. The van der Waals surface area contributed by atoms with Crippen molar-refractivity contribution in [2.75, 3.05) is 19.6 Å². The van der Waals surface area contributed by atoms with Gasteiger partial charge in [-0.3, -0.25) is 4.79 Å². The van der Waals surface area contributed by atoms with Gasteiger partial charge in [-0.15, -0.1) is 0 Å². The molecule has 1 aromatic carbocycles. The molecule has 5 heteroatoms. The number of nitrogens with one attached hydrogen (secondary N) is 2. The van der Waals surface area contributed by atoms with E-state index in [4.69, 9.17) is 0 Å². The van der Waals surface area contributed by atoms with E-state index in [-0.39, 0.29) is 11.5 Å². The van der Waals surface area contributed by atoms with E-state index in [9.17, 15) is 14.3 Å². The molecule has 2 unspecified atom stereocenters. The average Bonchev–Trinajstić information content (AvgIpc) is 2.75. The number of aryl methyl sites for hydroxylation is 1. The molecule has 1 amide bonds. The quantitative estimate of drug-likeness (QED) is 0.731. The number of rotatable bonds is 3. The number of aliphatic hydroxyl groups is 1. The number of carbonyl (C=O) groups excluding carboxylic acids is 1. The highest BCUT2D eigenvalue weighted by molar-refractivity contribution is 5.94. The van der Waals surface area contributed by atoms with Crippen molar-refractivity contribution in [3.05, 3.63) is 35.1 Å². The first-order valence-electron chi connectivity index (χ1n) is 6.01. The van der Waals surface area contributed by atoms with Crippen molar-refractivity contribution in [1.82, 2.24) is 10.6 Å². The lowest BCUT2D eigenvalue weighted by Gasteiger charge is -2.14. The first kappa shape index (κ1) is 13.0. The van der Waals surface area contributed by atoms with Crippen molar-refractivity contribution in [2.45, 2.75) is 13.0 Å². The van der Waals surface area contributed by atoms with E-state index >= 15 is 0 Å². The third-order valence-electron chi connectivity index (χ3n) is 3.20. The zero-order valence-electron chi connectivity index (χ0n) is 10.2. The normalized spacial score (nSPS) is 23.1. The number of β-amino-alcohol motifs (C(OH)–C–C–N with tert-alkyl or cyclic N) is 1. The summed E-state index contributed by atoms with van der Waals surface area (Å²) in [5.74, 6) is -0.972. The molecule has 0 aliphatic carbocycles. The van der Waals surface area contributed by atoms with Gasteiger partial charge in [0, 0.05) is 25.6 Å². The molecular weight excluding hydrogens is 235 g/mol. The van der Waals surface area contributed by atoms with Gasteiger partial charge < -0.3 is 15.7 Å². The summed E-state index contributed by atoms with van der Waals surface area (Å²) in [4.78, 5) is 11.8. The summed E-state index contributed by atoms with van der Waals surface area (Å²) in [7, 11) is 0. The van der Waals surface area contributed by atoms with Gasteiger partial charge in [-0.05, 0) is 19.1 Å². The Balaban J connectivity index is 1.97. The second-order valence-electron chi connectivity index (χ2n) is 4.68. The van der Waals surface area contributed by atoms with E-state index in [2.05, 4.69) is 10.6 Å². The lowest BCUT2D eigenvalue weighted by Crippen LogP contribution is -2.34. The van der Waals surface area contributed by atoms with E-state index in [1.165, 1.54) is 12.1 Å². The lowest BCUT2D eigenvalue weighted by atomic mass is 10.1. The smallest absolute Gasteiger partial charge is 0.254 e. The summed E-state index contributed by atoms with van der Waals surface area (Å²) in [5.41, 5.74) is 0.888. The molecule has 1 aromatic rings. The number of hydrogen-bond donors (Lipinski definition) is 3. The van der Waals surface area contributed by atoms with E-state index in [0.29, 0.717) is 19.6 Å². The van der Waals surface area contributed by atoms with Gasteiger partial charge in [0.15, 0.2) is 0 Å². The molecule has 2 atom stereocenters. The minimum absolute atomic E-state index is 0.0122. The Bertz CT molecular complexity index is 451. The Morgan fingerprint density at radius 3 is 3.00 bits per heavy atom. The van der Waals surface area contributed by atoms with Crippen LogP contribution in [-0.2, 0) is 0 Å². The zero-order valence-corrected chi connectivity index (χ0v) is 10.2. The molecule has 18 heavy (non-hydrogen) atoms. The maximum atomic E-state index is 13.5. The summed E-state index contributed by atoms with van der Waals surface area (Å²) in [5, 5.41) is 15.3. The molecule has 1 aliphatic rings. The van der Waals surface area contributed by atoms with Crippen LogP contribution < -0.4 is 10.6 Å². The molecule has 0 spiro atoms. The minimum atomic E-state index is -0.525. The van der Waals surface area contributed by atoms with Gasteiger partial charge in [-0.1, -0.05) is 11.6 Å². The van der Waals surface area contributed by atoms with Crippen molar-refractivity contribution in [3.8, 4) is 0 Å². The molecule has 0 saturated carbocycles. The van der Waals surface area contributed by atoms with Gasteiger partial charge in [0.1, 0.15) is 5.82 Å². The fourth-order valence-electron chi connectivity index (χ4n) is 2.06. The van der Waals surface area contributed by atoms with Crippen molar-refractivity contribution < 1.29 is 14.3 Å². The highest BCUT2D eigenvalue weighted by Crippen LogP contribution is 2.11. The zero-order chi connectivity index (χ0) is 13.1. The molecule has 1 saturated heterocycles. The van der Waals surface area contributed by atoms with Crippen LogP contribution in [0.5, 0.6) is 0 Å². The van der Waals surface area contributed by atoms with E-state index in [1.54, 1.807) is 13.0 Å². The molecule has 2 rings (SSSR count). The summed E-state index contributed by atoms with van der Waals surface area (Å²) in [6.45, 7) is 3.36. The van der Waals surface area contributed by atoms with Crippen LogP contribution in [0.25, 0.3) is 0 Å². The monoisotopic (exact) mass is 252 g/mol. The Hall–Kier alpha value is -1.46. The lowest BCUT2D eigenvalue weighted by molar-refractivity contribution is 0.0923. The molecule has 0 aromatic heterocycles. The summed E-state index contributed by atoms with van der Waals surface area (Å²) < 4.78 is 13.5. The highest BCUT2D eigenvalue weighted by Gasteiger charge is 2.25. The molecular formula is C13H17FN2O2. The van der Waals surface area contributed by atoms with Crippen LogP contribution >= 0.6 is 0 Å². The standard InChI is InChI=1S/C13H17FN2O2/c1-8-2-3-11(14)10(4-8)13(18)16-6-9-5-15-7-12(9)17/h2-4,9,12,15,17H,5-7H2,1H3,(H,16,18). The Labute approximate surface area is 105 Å². The van der Waals surface area contributed by atoms with Crippen LogP contribution in [0.3, 0.4) is 0 Å².